The maximum Gasteiger partial charge on any atom is 0.404 e. The van der Waals surface area contributed by atoms with Crippen molar-refractivity contribution in [1.82, 2.24) is 15.1 Å². The van der Waals surface area contributed by atoms with Crippen LogP contribution < -0.4 is 5.32 Å². The van der Waals surface area contributed by atoms with Crippen molar-refractivity contribution >= 4 is 34.9 Å². The van der Waals surface area contributed by atoms with Gasteiger partial charge in [0.2, 0.25) is 0 Å². The van der Waals surface area contributed by atoms with Crippen molar-refractivity contribution in [2.75, 3.05) is 6.54 Å². The van der Waals surface area contributed by atoms with Gasteiger partial charge in [0, 0.05) is 16.6 Å². The van der Waals surface area contributed by atoms with Gasteiger partial charge in [-0.25, -0.2) is 4.79 Å². The number of carbonyl (C=O) groups is 1. The average Bonchev–Trinajstić information content (AvgIpc) is 2.94. The number of halogens is 2. The zero-order valence-electron chi connectivity index (χ0n) is 12.9. The number of carboxylic acid groups (broad SMARTS) is 1. The highest BCUT2D eigenvalue weighted by Crippen LogP contribution is 2.31. The van der Waals surface area contributed by atoms with E-state index in [2.05, 4.69) is 10.4 Å². The molecule has 3 rings (SSSR count). The van der Waals surface area contributed by atoms with Crippen LogP contribution in [-0.2, 0) is 13.0 Å². The quantitative estimate of drug-likeness (QED) is 0.851. The minimum Gasteiger partial charge on any atom is -0.465 e. The van der Waals surface area contributed by atoms with Gasteiger partial charge in [0.25, 0.3) is 0 Å². The van der Waals surface area contributed by atoms with Gasteiger partial charge < -0.3 is 10.4 Å². The van der Waals surface area contributed by atoms with Crippen LogP contribution in [0.3, 0.4) is 0 Å². The number of aromatic nitrogens is 2. The number of aryl methyl sites for hydroxylation is 1. The second kappa shape index (κ2) is 7.28. The van der Waals surface area contributed by atoms with E-state index in [4.69, 9.17) is 28.3 Å². The summed E-state index contributed by atoms with van der Waals surface area (Å²) in [6.45, 7) is 0.839. The second-order valence-electron chi connectivity index (χ2n) is 5.68. The van der Waals surface area contributed by atoms with Gasteiger partial charge in [0.05, 0.1) is 18.4 Å². The molecular formula is C17H17Cl2N3O2. The number of fused-ring (bicyclic) bond motifs is 1. The highest BCUT2D eigenvalue weighted by atomic mass is 35.5. The summed E-state index contributed by atoms with van der Waals surface area (Å²) in [5, 5.41) is 16.8. The highest BCUT2D eigenvalue weighted by Gasteiger charge is 2.20. The monoisotopic (exact) mass is 365 g/mol. The molecule has 0 saturated carbocycles. The summed E-state index contributed by atoms with van der Waals surface area (Å²) in [5.41, 5.74) is 4.32. The lowest BCUT2D eigenvalue weighted by molar-refractivity contribution is 0.195. The first-order valence-electron chi connectivity index (χ1n) is 7.69. The molecule has 0 radical (unpaired) electrons. The van der Waals surface area contributed by atoms with Gasteiger partial charge in [-0.2, -0.15) is 5.10 Å². The summed E-state index contributed by atoms with van der Waals surface area (Å²) < 4.78 is 1.93. The van der Waals surface area contributed by atoms with Crippen LogP contribution in [0.5, 0.6) is 0 Å². The van der Waals surface area contributed by atoms with Gasteiger partial charge in [-0.05, 0) is 48.1 Å². The van der Waals surface area contributed by atoms with Crippen LogP contribution in [0.15, 0.2) is 30.5 Å². The number of nitrogens with one attached hydrogen (secondary N) is 1. The fraction of sp³-hybridized carbons (Fsp3) is 0.294. The van der Waals surface area contributed by atoms with Crippen molar-refractivity contribution in [2.45, 2.75) is 25.8 Å². The topological polar surface area (TPSA) is 67.2 Å². The Labute approximate surface area is 149 Å². The summed E-state index contributed by atoms with van der Waals surface area (Å²) in [4.78, 5) is 10.6. The zero-order chi connectivity index (χ0) is 17.1. The summed E-state index contributed by atoms with van der Waals surface area (Å²) in [5.74, 6) is 0. The third-order valence-electron chi connectivity index (χ3n) is 4.05. The molecule has 1 heterocycles. The van der Waals surface area contributed by atoms with Gasteiger partial charge in [0.15, 0.2) is 0 Å². The molecule has 126 valence electrons. The van der Waals surface area contributed by atoms with E-state index in [1.54, 1.807) is 6.07 Å². The van der Waals surface area contributed by atoms with Crippen LogP contribution in [0.4, 0.5) is 4.79 Å². The number of allylic oxidation sites excluding steroid dienone is 1. The van der Waals surface area contributed by atoms with Crippen LogP contribution in [0.2, 0.25) is 10.0 Å². The predicted molar refractivity (Wildman–Crippen MR) is 94.7 cm³/mol. The van der Waals surface area contributed by atoms with Crippen molar-refractivity contribution in [1.29, 1.82) is 0 Å². The molecule has 0 aliphatic heterocycles. The first-order valence-corrected chi connectivity index (χ1v) is 8.45. The van der Waals surface area contributed by atoms with E-state index in [0.29, 0.717) is 16.6 Å². The number of benzene rings is 1. The van der Waals surface area contributed by atoms with Gasteiger partial charge in [-0.15, -0.1) is 0 Å². The molecule has 1 aliphatic rings. The standard InChI is InChI=1S/C17H17Cl2N3O2/c18-14-5-4-13(15(19)8-14)10-22-16-11(6-7-20-17(23)24)2-1-3-12(16)9-21-22/h4-6,8-9,20H,1-3,7,10H2,(H,23,24). The first-order chi connectivity index (χ1) is 11.5. The van der Waals surface area contributed by atoms with Gasteiger partial charge >= 0.3 is 6.09 Å². The van der Waals surface area contributed by atoms with Crippen molar-refractivity contribution in [3.63, 3.8) is 0 Å². The molecule has 1 amide bonds. The maximum absolute atomic E-state index is 10.6. The van der Waals surface area contributed by atoms with E-state index in [1.165, 1.54) is 5.56 Å². The molecule has 24 heavy (non-hydrogen) atoms. The summed E-state index contributed by atoms with van der Waals surface area (Å²) >= 11 is 12.2. The largest absolute Gasteiger partial charge is 0.465 e. The number of rotatable bonds is 4. The Morgan fingerprint density at radius 1 is 1.38 bits per heavy atom. The third-order valence-corrected chi connectivity index (χ3v) is 4.64. The number of hydrogen-bond acceptors (Lipinski definition) is 2. The van der Waals surface area contributed by atoms with Crippen LogP contribution in [0.25, 0.3) is 5.57 Å². The van der Waals surface area contributed by atoms with Crippen LogP contribution in [0.1, 0.15) is 29.7 Å². The molecule has 1 aliphatic carbocycles. The fourth-order valence-electron chi connectivity index (χ4n) is 2.96. The van der Waals surface area contributed by atoms with Crippen molar-refractivity contribution in [3.05, 3.63) is 57.3 Å². The van der Waals surface area contributed by atoms with Gasteiger partial charge in [-0.1, -0.05) is 35.3 Å². The Bertz CT molecular complexity index is 799. The lowest BCUT2D eigenvalue weighted by Crippen LogP contribution is -2.21. The van der Waals surface area contributed by atoms with E-state index in [0.717, 1.165) is 36.1 Å². The van der Waals surface area contributed by atoms with E-state index in [1.807, 2.05) is 29.1 Å². The summed E-state index contributed by atoms with van der Waals surface area (Å²) in [6.07, 6.45) is 5.72. The smallest absolute Gasteiger partial charge is 0.404 e. The fourth-order valence-corrected chi connectivity index (χ4v) is 3.43. The molecule has 0 atom stereocenters. The van der Waals surface area contributed by atoms with E-state index >= 15 is 0 Å². The van der Waals surface area contributed by atoms with Crippen molar-refractivity contribution < 1.29 is 9.90 Å². The molecule has 2 N–H and O–H groups in total. The predicted octanol–water partition coefficient (Wildman–Crippen LogP) is 4.23. The zero-order valence-corrected chi connectivity index (χ0v) is 14.4. The Kier molecular flexibility index (Phi) is 5.11. The van der Waals surface area contributed by atoms with E-state index < -0.39 is 6.09 Å². The van der Waals surface area contributed by atoms with Crippen molar-refractivity contribution in [3.8, 4) is 0 Å². The van der Waals surface area contributed by atoms with Gasteiger partial charge in [-0.3, -0.25) is 4.68 Å². The molecular weight excluding hydrogens is 349 g/mol. The van der Waals surface area contributed by atoms with Crippen molar-refractivity contribution in [2.24, 2.45) is 0 Å². The normalized spacial score (nSPS) is 15.3. The SMILES string of the molecule is O=C(O)NCC=C1CCCc2cnn(Cc3ccc(Cl)cc3Cl)c21. The number of amides is 1. The van der Waals surface area contributed by atoms with E-state index in [9.17, 15) is 4.79 Å². The Hall–Kier alpha value is -1.98. The number of nitrogens with zero attached hydrogens (tertiary/aromatic N) is 2. The Morgan fingerprint density at radius 3 is 2.96 bits per heavy atom. The minimum absolute atomic E-state index is 0.289. The van der Waals surface area contributed by atoms with Crippen LogP contribution in [-0.4, -0.2) is 27.5 Å². The second-order valence-corrected chi connectivity index (χ2v) is 6.52. The molecule has 0 bridgehead atoms. The van der Waals surface area contributed by atoms with Crippen LogP contribution in [0, 0.1) is 0 Å². The van der Waals surface area contributed by atoms with E-state index in [-0.39, 0.29) is 6.54 Å². The first kappa shape index (κ1) is 16.9. The molecule has 2 aromatic rings. The molecule has 5 nitrogen and oxygen atoms in total. The average molecular weight is 366 g/mol. The lowest BCUT2D eigenvalue weighted by atomic mass is 9.92. The molecule has 0 saturated heterocycles. The highest BCUT2D eigenvalue weighted by molar-refractivity contribution is 6.35. The molecule has 1 aromatic heterocycles. The van der Waals surface area contributed by atoms with Crippen LogP contribution >= 0.6 is 23.2 Å². The maximum atomic E-state index is 10.6. The summed E-state index contributed by atoms with van der Waals surface area (Å²) in [7, 11) is 0. The molecule has 7 heteroatoms. The Morgan fingerprint density at radius 2 is 2.21 bits per heavy atom. The number of hydrogen-bond donors (Lipinski definition) is 2. The van der Waals surface area contributed by atoms with Gasteiger partial charge in [0.1, 0.15) is 0 Å². The minimum atomic E-state index is -1.02. The lowest BCUT2D eigenvalue weighted by Gasteiger charge is -2.18. The molecule has 1 aromatic carbocycles. The Balaban J connectivity index is 1.88. The molecule has 0 spiro atoms. The molecule has 0 fully saturated rings. The summed E-state index contributed by atoms with van der Waals surface area (Å²) in [6, 6.07) is 5.44. The molecule has 0 unspecified atom stereocenters. The third kappa shape index (κ3) is 3.74.